The standard InChI is InChI=1S/C34H71N2O7P/c1-3-5-7-9-11-13-15-16-18-20-22-24-26-33(38)32(30-43-44(40,41)42-28-27-35)36-34(39)29-31(37)25-23-21-19-17-14-12-10-8-6-4-2/h31-33,37-38H,3-30,35H2,1-2H3,(H,36,39)(H,40,41). The van der Waals surface area contributed by atoms with E-state index in [4.69, 9.17) is 14.8 Å². The van der Waals surface area contributed by atoms with E-state index in [9.17, 15) is 24.5 Å². The quantitative estimate of drug-likeness (QED) is 0.0346. The van der Waals surface area contributed by atoms with Gasteiger partial charge < -0.3 is 26.2 Å². The molecule has 44 heavy (non-hydrogen) atoms. The summed E-state index contributed by atoms with van der Waals surface area (Å²) in [4.78, 5) is 22.6. The molecule has 0 aliphatic rings. The van der Waals surface area contributed by atoms with Crippen molar-refractivity contribution in [1.82, 2.24) is 5.32 Å². The van der Waals surface area contributed by atoms with E-state index in [-0.39, 0.29) is 26.2 Å². The second-order valence-electron chi connectivity index (χ2n) is 12.6. The van der Waals surface area contributed by atoms with E-state index in [0.717, 1.165) is 38.5 Å². The smallest absolute Gasteiger partial charge is 0.393 e. The first kappa shape index (κ1) is 43.5. The summed E-state index contributed by atoms with van der Waals surface area (Å²) in [5, 5.41) is 24.0. The van der Waals surface area contributed by atoms with Gasteiger partial charge in [-0.25, -0.2) is 4.57 Å². The Morgan fingerprint density at radius 3 is 1.52 bits per heavy atom. The summed E-state index contributed by atoms with van der Waals surface area (Å²) in [6.45, 7) is 4.01. The molecule has 0 aliphatic heterocycles. The molecular weight excluding hydrogens is 579 g/mol. The first-order chi connectivity index (χ1) is 21.3. The lowest BCUT2D eigenvalue weighted by molar-refractivity contribution is -0.125. The molecule has 0 aromatic heterocycles. The molecule has 0 fully saturated rings. The van der Waals surface area contributed by atoms with Gasteiger partial charge in [-0.3, -0.25) is 13.8 Å². The molecule has 0 rings (SSSR count). The van der Waals surface area contributed by atoms with Crippen molar-refractivity contribution in [3.63, 3.8) is 0 Å². The summed E-state index contributed by atoms with van der Waals surface area (Å²) >= 11 is 0. The van der Waals surface area contributed by atoms with Crippen LogP contribution in [0.5, 0.6) is 0 Å². The third-order valence-electron chi connectivity index (χ3n) is 8.27. The normalized spacial score (nSPS) is 15.1. The summed E-state index contributed by atoms with van der Waals surface area (Å²) in [6.07, 6.45) is 25.7. The van der Waals surface area contributed by atoms with Gasteiger partial charge >= 0.3 is 7.82 Å². The van der Waals surface area contributed by atoms with Crippen molar-refractivity contribution in [2.45, 2.75) is 193 Å². The van der Waals surface area contributed by atoms with E-state index in [2.05, 4.69) is 19.2 Å². The van der Waals surface area contributed by atoms with Crippen LogP contribution < -0.4 is 11.1 Å². The van der Waals surface area contributed by atoms with Crippen LogP contribution in [0.15, 0.2) is 0 Å². The lowest BCUT2D eigenvalue weighted by atomic mass is 10.0. The predicted molar refractivity (Wildman–Crippen MR) is 182 cm³/mol. The molecule has 0 heterocycles. The number of unbranched alkanes of at least 4 members (excludes halogenated alkanes) is 20. The fraction of sp³-hybridized carbons (Fsp3) is 0.971. The molecule has 0 saturated carbocycles. The third kappa shape index (κ3) is 28.9. The van der Waals surface area contributed by atoms with Gasteiger partial charge in [0.15, 0.2) is 0 Å². The summed E-state index contributed by atoms with van der Waals surface area (Å²) in [5.41, 5.74) is 5.34. The minimum absolute atomic E-state index is 0.0621. The van der Waals surface area contributed by atoms with Gasteiger partial charge in [0, 0.05) is 6.54 Å². The number of carbonyl (C=O) groups is 1. The summed E-state index contributed by atoms with van der Waals surface area (Å²) in [7, 11) is -4.36. The molecule has 10 heteroatoms. The van der Waals surface area contributed by atoms with Crippen molar-refractivity contribution >= 4 is 13.7 Å². The van der Waals surface area contributed by atoms with Crippen molar-refractivity contribution in [2.75, 3.05) is 19.8 Å². The highest BCUT2D eigenvalue weighted by Gasteiger charge is 2.28. The summed E-state index contributed by atoms with van der Waals surface area (Å²) < 4.78 is 22.0. The second kappa shape index (κ2) is 31.1. The number of aliphatic hydroxyl groups is 2. The zero-order valence-electron chi connectivity index (χ0n) is 28.5. The van der Waals surface area contributed by atoms with Gasteiger partial charge in [0.25, 0.3) is 0 Å². The number of carbonyl (C=O) groups excluding carboxylic acids is 1. The average molecular weight is 651 g/mol. The van der Waals surface area contributed by atoms with Crippen LogP contribution in [0.25, 0.3) is 0 Å². The number of hydrogen-bond acceptors (Lipinski definition) is 7. The maximum atomic E-state index is 12.7. The van der Waals surface area contributed by atoms with E-state index < -0.39 is 32.0 Å². The number of phosphoric ester groups is 1. The fourth-order valence-electron chi connectivity index (χ4n) is 5.47. The Balaban J connectivity index is 4.40. The van der Waals surface area contributed by atoms with Crippen molar-refractivity contribution in [3.05, 3.63) is 0 Å². The number of amides is 1. The highest BCUT2D eigenvalue weighted by atomic mass is 31.2. The maximum Gasteiger partial charge on any atom is 0.472 e. The highest BCUT2D eigenvalue weighted by Crippen LogP contribution is 2.43. The Hall–Kier alpha value is -0.540. The van der Waals surface area contributed by atoms with Gasteiger partial charge in [0.05, 0.1) is 37.9 Å². The van der Waals surface area contributed by atoms with Crippen LogP contribution in [-0.2, 0) is 18.4 Å². The van der Waals surface area contributed by atoms with Crippen LogP contribution in [0.1, 0.15) is 174 Å². The number of nitrogens with two attached hydrogens (primary N) is 1. The van der Waals surface area contributed by atoms with Crippen LogP contribution >= 0.6 is 7.82 Å². The zero-order chi connectivity index (χ0) is 32.7. The lowest BCUT2D eigenvalue weighted by Crippen LogP contribution is -2.47. The van der Waals surface area contributed by atoms with Crippen LogP contribution in [0.3, 0.4) is 0 Å². The Kier molecular flexibility index (Phi) is 30.7. The molecule has 0 aliphatic carbocycles. The number of hydrogen-bond donors (Lipinski definition) is 5. The highest BCUT2D eigenvalue weighted by molar-refractivity contribution is 7.47. The minimum Gasteiger partial charge on any atom is -0.393 e. The second-order valence-corrected chi connectivity index (χ2v) is 14.1. The Morgan fingerprint density at radius 1 is 0.682 bits per heavy atom. The molecule has 4 unspecified atom stereocenters. The van der Waals surface area contributed by atoms with E-state index in [0.29, 0.717) is 12.8 Å². The first-order valence-corrected chi connectivity index (χ1v) is 19.7. The van der Waals surface area contributed by atoms with E-state index in [1.807, 2.05) is 0 Å². The van der Waals surface area contributed by atoms with E-state index >= 15 is 0 Å². The number of aliphatic hydroxyl groups excluding tert-OH is 2. The fourth-order valence-corrected chi connectivity index (χ4v) is 6.23. The van der Waals surface area contributed by atoms with Gasteiger partial charge in [-0.1, -0.05) is 155 Å². The molecule has 0 aromatic rings. The van der Waals surface area contributed by atoms with Gasteiger partial charge in [0.2, 0.25) is 5.91 Å². The average Bonchev–Trinajstić information content (AvgIpc) is 2.99. The first-order valence-electron chi connectivity index (χ1n) is 18.2. The van der Waals surface area contributed by atoms with Crippen LogP contribution in [-0.4, -0.2) is 59.0 Å². The number of nitrogens with one attached hydrogen (secondary N) is 1. The van der Waals surface area contributed by atoms with E-state index in [1.54, 1.807) is 0 Å². The van der Waals surface area contributed by atoms with Gasteiger partial charge in [-0.05, 0) is 12.8 Å². The van der Waals surface area contributed by atoms with E-state index in [1.165, 1.54) is 103 Å². The molecule has 6 N–H and O–H groups in total. The molecular formula is C34H71N2O7P. The lowest BCUT2D eigenvalue weighted by Gasteiger charge is -2.25. The largest absolute Gasteiger partial charge is 0.472 e. The topological polar surface area (TPSA) is 151 Å². The molecule has 0 saturated heterocycles. The van der Waals surface area contributed by atoms with Crippen molar-refractivity contribution < 1.29 is 33.5 Å². The number of phosphoric acid groups is 1. The summed E-state index contributed by atoms with van der Waals surface area (Å²) in [5.74, 6) is -0.414. The molecule has 9 nitrogen and oxygen atoms in total. The zero-order valence-corrected chi connectivity index (χ0v) is 29.4. The van der Waals surface area contributed by atoms with Crippen LogP contribution in [0.2, 0.25) is 0 Å². The van der Waals surface area contributed by atoms with Gasteiger partial charge in [0.1, 0.15) is 0 Å². The SMILES string of the molecule is CCCCCCCCCCCCCCC(O)C(COP(=O)(O)OCCN)NC(=O)CC(O)CCCCCCCCCCCC. The number of rotatable bonds is 34. The van der Waals surface area contributed by atoms with Crippen LogP contribution in [0.4, 0.5) is 0 Å². The van der Waals surface area contributed by atoms with Crippen molar-refractivity contribution in [3.8, 4) is 0 Å². The maximum absolute atomic E-state index is 12.7. The Labute approximate surface area is 270 Å². The van der Waals surface area contributed by atoms with Crippen molar-refractivity contribution in [2.24, 2.45) is 5.73 Å². The van der Waals surface area contributed by atoms with Crippen LogP contribution in [0, 0.1) is 0 Å². The minimum atomic E-state index is -4.36. The molecule has 0 bridgehead atoms. The Bertz CT molecular complexity index is 686. The molecule has 0 radical (unpaired) electrons. The molecule has 4 atom stereocenters. The van der Waals surface area contributed by atoms with Crippen molar-refractivity contribution in [1.29, 1.82) is 0 Å². The molecule has 0 aromatic carbocycles. The predicted octanol–water partition coefficient (Wildman–Crippen LogP) is 8.08. The van der Waals surface area contributed by atoms with Gasteiger partial charge in [-0.15, -0.1) is 0 Å². The molecule has 0 spiro atoms. The Morgan fingerprint density at radius 2 is 1.09 bits per heavy atom. The molecule has 264 valence electrons. The molecule has 1 amide bonds. The summed E-state index contributed by atoms with van der Waals surface area (Å²) in [6, 6.07) is -0.887. The third-order valence-corrected chi connectivity index (χ3v) is 9.25. The monoisotopic (exact) mass is 650 g/mol. The van der Waals surface area contributed by atoms with Gasteiger partial charge in [-0.2, -0.15) is 0 Å².